The first-order valence-corrected chi connectivity index (χ1v) is 9.33. The van der Waals surface area contributed by atoms with E-state index < -0.39 is 15.6 Å². The van der Waals surface area contributed by atoms with Gasteiger partial charge in [0.05, 0.1) is 17.6 Å². The van der Waals surface area contributed by atoms with E-state index in [4.69, 9.17) is 4.74 Å². The van der Waals surface area contributed by atoms with Crippen LogP contribution in [0.25, 0.3) is 0 Å². The Labute approximate surface area is 142 Å². The third-order valence-corrected chi connectivity index (χ3v) is 5.84. The topological polar surface area (TPSA) is 75.6 Å². The van der Waals surface area contributed by atoms with Gasteiger partial charge in [0.15, 0.2) is 0 Å². The van der Waals surface area contributed by atoms with Gasteiger partial charge in [0.2, 0.25) is 10.0 Å². The SMILES string of the molecule is COc1cccc(S(=O)(=O)NCC2(O)CCc3ccccc3C2)c1. The molecule has 0 saturated heterocycles. The molecular formula is C18H21NO4S. The molecule has 1 aliphatic carbocycles. The van der Waals surface area contributed by atoms with Crippen molar-refractivity contribution >= 4 is 10.0 Å². The van der Waals surface area contributed by atoms with Crippen molar-refractivity contribution in [2.45, 2.75) is 29.8 Å². The van der Waals surface area contributed by atoms with Gasteiger partial charge < -0.3 is 9.84 Å². The van der Waals surface area contributed by atoms with Crippen LogP contribution in [0.5, 0.6) is 5.75 Å². The molecule has 0 aromatic heterocycles. The van der Waals surface area contributed by atoms with E-state index in [-0.39, 0.29) is 11.4 Å². The third kappa shape index (κ3) is 3.61. The molecule has 0 radical (unpaired) electrons. The minimum Gasteiger partial charge on any atom is -0.497 e. The average molecular weight is 347 g/mol. The van der Waals surface area contributed by atoms with E-state index in [1.54, 1.807) is 12.1 Å². The summed E-state index contributed by atoms with van der Waals surface area (Å²) < 4.78 is 32.5. The molecule has 5 nitrogen and oxygen atoms in total. The van der Waals surface area contributed by atoms with Crippen molar-refractivity contribution in [2.75, 3.05) is 13.7 Å². The first kappa shape index (κ1) is 17.0. The summed E-state index contributed by atoms with van der Waals surface area (Å²) in [6.07, 6.45) is 1.72. The molecule has 1 atom stereocenters. The number of hydrogen-bond donors (Lipinski definition) is 2. The van der Waals surface area contributed by atoms with Gasteiger partial charge in [-0.3, -0.25) is 0 Å². The lowest BCUT2D eigenvalue weighted by molar-refractivity contribution is 0.0317. The Morgan fingerprint density at radius 3 is 2.67 bits per heavy atom. The summed E-state index contributed by atoms with van der Waals surface area (Å²) in [5, 5.41) is 10.8. The Morgan fingerprint density at radius 1 is 1.17 bits per heavy atom. The lowest BCUT2D eigenvalue weighted by atomic mass is 9.80. The number of aliphatic hydroxyl groups is 1. The Bertz CT molecular complexity index is 834. The van der Waals surface area contributed by atoms with E-state index in [9.17, 15) is 13.5 Å². The minimum absolute atomic E-state index is 0.0130. The molecule has 0 spiro atoms. The normalized spacial score (nSPS) is 20.4. The fraction of sp³-hybridized carbons (Fsp3) is 0.333. The summed E-state index contributed by atoms with van der Waals surface area (Å²) in [7, 11) is -2.21. The van der Waals surface area contributed by atoms with E-state index in [0.29, 0.717) is 18.6 Å². The fourth-order valence-electron chi connectivity index (χ4n) is 3.02. The molecule has 0 aliphatic heterocycles. The van der Waals surface area contributed by atoms with Crippen LogP contribution in [-0.4, -0.2) is 32.8 Å². The highest BCUT2D eigenvalue weighted by Crippen LogP contribution is 2.28. The highest BCUT2D eigenvalue weighted by Gasteiger charge is 2.33. The van der Waals surface area contributed by atoms with Gasteiger partial charge in [0, 0.05) is 19.0 Å². The molecule has 2 aromatic rings. The van der Waals surface area contributed by atoms with Crippen LogP contribution >= 0.6 is 0 Å². The smallest absolute Gasteiger partial charge is 0.240 e. The molecule has 2 aromatic carbocycles. The molecule has 0 saturated carbocycles. The summed E-state index contributed by atoms with van der Waals surface area (Å²) in [4.78, 5) is 0.127. The van der Waals surface area contributed by atoms with Crippen molar-refractivity contribution < 1.29 is 18.3 Å². The molecule has 0 amide bonds. The predicted octanol–water partition coefficient (Wildman–Crippen LogP) is 1.89. The summed E-state index contributed by atoms with van der Waals surface area (Å²) in [5.41, 5.74) is 1.23. The second kappa shape index (κ2) is 6.55. The van der Waals surface area contributed by atoms with Crippen LogP contribution in [0.4, 0.5) is 0 Å². The van der Waals surface area contributed by atoms with E-state index in [1.165, 1.54) is 24.8 Å². The Balaban J connectivity index is 1.73. The second-order valence-electron chi connectivity index (χ2n) is 6.17. The zero-order valence-electron chi connectivity index (χ0n) is 13.5. The van der Waals surface area contributed by atoms with Gasteiger partial charge in [0.1, 0.15) is 5.75 Å². The molecule has 0 fully saturated rings. The summed E-state index contributed by atoms with van der Waals surface area (Å²) >= 11 is 0. The van der Waals surface area contributed by atoms with Crippen molar-refractivity contribution in [2.24, 2.45) is 0 Å². The van der Waals surface area contributed by atoms with Gasteiger partial charge >= 0.3 is 0 Å². The number of fused-ring (bicyclic) bond motifs is 1. The molecule has 0 heterocycles. The van der Waals surface area contributed by atoms with Crippen molar-refractivity contribution in [1.29, 1.82) is 0 Å². The van der Waals surface area contributed by atoms with Crippen molar-refractivity contribution in [3.05, 3.63) is 59.7 Å². The average Bonchev–Trinajstić information content (AvgIpc) is 2.60. The number of methoxy groups -OCH3 is 1. The maximum atomic E-state index is 12.5. The fourth-order valence-corrected chi connectivity index (χ4v) is 4.17. The predicted molar refractivity (Wildman–Crippen MR) is 91.6 cm³/mol. The van der Waals surface area contributed by atoms with Crippen LogP contribution in [-0.2, 0) is 22.9 Å². The molecule has 1 aliphatic rings. The van der Waals surface area contributed by atoms with Crippen molar-refractivity contribution in [3.63, 3.8) is 0 Å². The number of benzene rings is 2. The number of hydrogen-bond acceptors (Lipinski definition) is 4. The molecule has 2 N–H and O–H groups in total. The maximum absolute atomic E-state index is 12.5. The number of ether oxygens (including phenoxy) is 1. The second-order valence-corrected chi connectivity index (χ2v) is 7.94. The first-order valence-electron chi connectivity index (χ1n) is 7.85. The molecule has 128 valence electrons. The van der Waals surface area contributed by atoms with Crippen LogP contribution in [0.1, 0.15) is 17.5 Å². The Morgan fingerprint density at radius 2 is 1.92 bits per heavy atom. The number of sulfonamides is 1. The molecule has 24 heavy (non-hydrogen) atoms. The summed E-state index contributed by atoms with van der Waals surface area (Å²) in [6.45, 7) is -0.0130. The van der Waals surface area contributed by atoms with Gasteiger partial charge in [-0.25, -0.2) is 13.1 Å². The highest BCUT2D eigenvalue weighted by molar-refractivity contribution is 7.89. The highest BCUT2D eigenvalue weighted by atomic mass is 32.2. The summed E-state index contributed by atoms with van der Waals surface area (Å²) in [6, 6.07) is 14.2. The van der Waals surface area contributed by atoms with Crippen LogP contribution in [0.2, 0.25) is 0 Å². The van der Waals surface area contributed by atoms with E-state index in [1.807, 2.05) is 18.2 Å². The van der Waals surface area contributed by atoms with Crippen molar-refractivity contribution in [1.82, 2.24) is 4.72 Å². The van der Waals surface area contributed by atoms with Crippen LogP contribution in [0.15, 0.2) is 53.4 Å². The number of aryl methyl sites for hydroxylation is 1. The van der Waals surface area contributed by atoms with Crippen molar-refractivity contribution in [3.8, 4) is 5.75 Å². The van der Waals surface area contributed by atoms with Gasteiger partial charge in [-0.05, 0) is 36.1 Å². The Hall–Kier alpha value is -1.89. The lowest BCUT2D eigenvalue weighted by Gasteiger charge is -2.33. The van der Waals surface area contributed by atoms with Crippen LogP contribution in [0, 0.1) is 0 Å². The largest absolute Gasteiger partial charge is 0.497 e. The zero-order chi connectivity index (χ0) is 17.2. The van der Waals surface area contributed by atoms with E-state index in [0.717, 1.165) is 12.0 Å². The number of nitrogens with one attached hydrogen (secondary N) is 1. The van der Waals surface area contributed by atoms with Gasteiger partial charge in [0.25, 0.3) is 0 Å². The maximum Gasteiger partial charge on any atom is 0.240 e. The van der Waals surface area contributed by atoms with E-state index >= 15 is 0 Å². The monoisotopic (exact) mass is 347 g/mol. The van der Waals surface area contributed by atoms with Crippen LogP contribution in [0.3, 0.4) is 0 Å². The minimum atomic E-state index is -3.70. The van der Waals surface area contributed by atoms with Crippen LogP contribution < -0.4 is 9.46 Å². The van der Waals surface area contributed by atoms with E-state index in [2.05, 4.69) is 10.8 Å². The standard InChI is InChI=1S/C18H21NO4S/c1-23-16-7-4-8-17(11-16)24(21,22)19-13-18(20)10-9-14-5-2-3-6-15(14)12-18/h2-8,11,19-20H,9-10,12-13H2,1H3. The molecule has 1 unspecified atom stereocenters. The zero-order valence-corrected chi connectivity index (χ0v) is 14.3. The third-order valence-electron chi connectivity index (χ3n) is 4.44. The summed E-state index contributed by atoms with van der Waals surface area (Å²) in [5.74, 6) is 0.475. The molecule has 0 bridgehead atoms. The molecule has 3 rings (SSSR count). The molecule has 6 heteroatoms. The van der Waals surface area contributed by atoms with Gasteiger partial charge in [-0.2, -0.15) is 0 Å². The first-order chi connectivity index (χ1) is 11.4. The van der Waals surface area contributed by atoms with Gasteiger partial charge in [-0.15, -0.1) is 0 Å². The quantitative estimate of drug-likeness (QED) is 0.866. The lowest BCUT2D eigenvalue weighted by Crippen LogP contribution is -2.46. The Kier molecular flexibility index (Phi) is 4.62. The molecular weight excluding hydrogens is 326 g/mol. The van der Waals surface area contributed by atoms with Gasteiger partial charge in [-0.1, -0.05) is 30.3 Å². The number of rotatable bonds is 5.